The van der Waals surface area contributed by atoms with Gasteiger partial charge in [0.05, 0.1) is 10.9 Å². The van der Waals surface area contributed by atoms with E-state index in [9.17, 15) is 9.59 Å². The average molecular weight is 529 g/mol. The third kappa shape index (κ3) is 3.37. The lowest BCUT2D eigenvalue weighted by Crippen LogP contribution is -2.38. The fraction of sp³-hybridized carbons (Fsp3) is 0.0541. The second kappa shape index (κ2) is 8.57. The second-order valence-electron chi connectivity index (χ2n) is 10.9. The zero-order chi connectivity index (χ0) is 27.8. The summed E-state index contributed by atoms with van der Waals surface area (Å²) in [5.41, 5.74) is 6.83. The Morgan fingerprint density at radius 3 is 2.07 bits per heavy atom. The van der Waals surface area contributed by atoms with Gasteiger partial charge in [-0.1, -0.05) is 78.4 Å². The van der Waals surface area contributed by atoms with Crippen LogP contribution in [0.5, 0.6) is 0 Å². The van der Waals surface area contributed by atoms with Crippen molar-refractivity contribution in [3.8, 4) is 11.1 Å². The highest BCUT2D eigenvalue weighted by molar-refractivity contribution is 6.15. The summed E-state index contributed by atoms with van der Waals surface area (Å²) in [7, 11) is 0. The zero-order valence-corrected chi connectivity index (χ0v) is 22.6. The molecule has 0 atom stereocenters. The highest BCUT2D eigenvalue weighted by atomic mass is 16.1. The fourth-order valence-corrected chi connectivity index (χ4v) is 6.35. The van der Waals surface area contributed by atoms with E-state index in [1.807, 2.05) is 54.7 Å². The van der Waals surface area contributed by atoms with Crippen LogP contribution in [0.1, 0.15) is 16.7 Å². The first-order chi connectivity index (χ1) is 20.0. The molecule has 1 aliphatic rings. The van der Waals surface area contributed by atoms with E-state index >= 15 is 0 Å². The number of hydrogen-bond donors (Lipinski definition) is 0. The standard InChI is InChI=1S/C37H24N2O2/c1-21-12-15-25(16-13-21)39-32-17-14-24(26-8-5-9-27(34(26)32)30-18-22(2)20-38-37(30)39)19-31-35(40)28-10-3-6-23-7-4-11-29(33(23)28)36(31)41/h3-20H,1-2H3. The van der Waals surface area contributed by atoms with E-state index in [4.69, 9.17) is 4.98 Å². The molecule has 1 aliphatic heterocycles. The van der Waals surface area contributed by atoms with Crippen LogP contribution < -0.4 is 21.0 Å². The van der Waals surface area contributed by atoms with Gasteiger partial charge in [-0.25, -0.2) is 4.98 Å². The van der Waals surface area contributed by atoms with Crippen molar-refractivity contribution in [3.63, 3.8) is 0 Å². The normalized spacial score (nSPS) is 12.3. The summed E-state index contributed by atoms with van der Waals surface area (Å²) < 4.78 is 0. The van der Waals surface area contributed by atoms with Gasteiger partial charge in [0.15, 0.2) is 10.9 Å². The molecular weight excluding hydrogens is 504 g/mol. The molecule has 0 bridgehead atoms. The van der Waals surface area contributed by atoms with Crippen molar-refractivity contribution in [3.05, 3.63) is 146 Å². The molecule has 8 rings (SSSR count). The predicted octanol–water partition coefficient (Wildman–Crippen LogP) is 7.31. The molecule has 0 amide bonds. The summed E-state index contributed by atoms with van der Waals surface area (Å²) in [4.78, 5) is 34.5. The third-order valence-corrected chi connectivity index (χ3v) is 8.27. The van der Waals surface area contributed by atoms with Gasteiger partial charge in [0.25, 0.3) is 0 Å². The van der Waals surface area contributed by atoms with Crippen molar-refractivity contribution in [2.75, 3.05) is 4.90 Å². The van der Waals surface area contributed by atoms with Gasteiger partial charge in [0.2, 0.25) is 0 Å². The maximum Gasteiger partial charge on any atom is 0.197 e. The zero-order valence-electron chi connectivity index (χ0n) is 22.6. The SMILES string of the molecule is Cc1ccc(N2c3ncc(C)cc3-c3cccc4c(C=c5c(=O)c6cccc7cccc(c5=O)c76)ccc2c34)cc1. The first kappa shape index (κ1) is 23.5. The van der Waals surface area contributed by atoms with Gasteiger partial charge >= 0.3 is 0 Å². The van der Waals surface area contributed by atoms with Crippen molar-refractivity contribution < 1.29 is 0 Å². The number of nitrogens with zero attached hydrogens (tertiary/aromatic N) is 2. The van der Waals surface area contributed by atoms with Crippen molar-refractivity contribution in [1.29, 1.82) is 0 Å². The van der Waals surface area contributed by atoms with E-state index in [0.717, 1.165) is 61.0 Å². The van der Waals surface area contributed by atoms with E-state index in [0.29, 0.717) is 10.8 Å². The van der Waals surface area contributed by atoms with Gasteiger partial charge < -0.3 is 0 Å². The minimum absolute atomic E-state index is 0.195. The lowest BCUT2D eigenvalue weighted by molar-refractivity contribution is 1.16. The van der Waals surface area contributed by atoms with E-state index in [1.165, 1.54) is 5.56 Å². The predicted molar refractivity (Wildman–Crippen MR) is 169 cm³/mol. The maximum atomic E-state index is 13.7. The Kier molecular flexibility index (Phi) is 4.92. The molecule has 0 radical (unpaired) electrons. The molecule has 0 fully saturated rings. The number of fused-ring (bicyclic) bond motifs is 2. The van der Waals surface area contributed by atoms with E-state index < -0.39 is 0 Å². The minimum Gasteiger partial charge on any atom is -0.294 e. The Balaban J connectivity index is 1.46. The average Bonchev–Trinajstić information content (AvgIpc) is 3.00. The van der Waals surface area contributed by atoms with Gasteiger partial charge in [-0.15, -0.1) is 0 Å². The van der Waals surface area contributed by atoms with Crippen LogP contribution >= 0.6 is 0 Å². The summed E-state index contributed by atoms with van der Waals surface area (Å²) in [6, 6.07) is 32.2. The largest absolute Gasteiger partial charge is 0.294 e. The minimum atomic E-state index is -0.230. The molecule has 0 unspecified atom stereocenters. The Morgan fingerprint density at radius 2 is 1.34 bits per heavy atom. The quantitative estimate of drug-likeness (QED) is 0.236. The van der Waals surface area contributed by atoms with Gasteiger partial charge in [0, 0.05) is 39.0 Å². The Bertz CT molecular complexity index is 2310. The highest BCUT2D eigenvalue weighted by Crippen LogP contribution is 2.50. The van der Waals surface area contributed by atoms with Crippen molar-refractivity contribution >= 4 is 55.6 Å². The molecule has 1 aromatic heterocycles. The summed E-state index contributed by atoms with van der Waals surface area (Å²) in [5.74, 6) is 0.882. The molecule has 0 saturated heterocycles. The van der Waals surface area contributed by atoms with Crippen LogP contribution in [0, 0.1) is 13.8 Å². The number of aryl methyl sites for hydroxylation is 2. The van der Waals surface area contributed by atoms with E-state index in [2.05, 4.69) is 67.3 Å². The van der Waals surface area contributed by atoms with Crippen LogP contribution in [0.2, 0.25) is 0 Å². The summed E-state index contributed by atoms with van der Waals surface area (Å²) >= 11 is 0. The van der Waals surface area contributed by atoms with Gasteiger partial charge in [0.1, 0.15) is 5.82 Å². The van der Waals surface area contributed by atoms with Gasteiger partial charge in [-0.3, -0.25) is 14.5 Å². The first-order valence-corrected chi connectivity index (χ1v) is 13.7. The van der Waals surface area contributed by atoms with Crippen molar-refractivity contribution in [2.45, 2.75) is 13.8 Å². The molecule has 4 heteroatoms. The Hall–Kier alpha value is -5.35. The van der Waals surface area contributed by atoms with Gasteiger partial charge in [-0.2, -0.15) is 0 Å². The first-order valence-electron chi connectivity index (χ1n) is 13.7. The highest BCUT2D eigenvalue weighted by Gasteiger charge is 2.28. The number of pyridine rings is 1. The molecule has 0 aliphatic carbocycles. The third-order valence-electron chi connectivity index (χ3n) is 8.27. The van der Waals surface area contributed by atoms with Crippen LogP contribution in [-0.2, 0) is 0 Å². The molecule has 7 aromatic rings. The summed E-state index contributed by atoms with van der Waals surface area (Å²) in [6.45, 7) is 4.14. The monoisotopic (exact) mass is 528 g/mol. The molecule has 6 aromatic carbocycles. The number of rotatable bonds is 2. The number of aromatic nitrogens is 1. The number of benzene rings is 6. The smallest absolute Gasteiger partial charge is 0.197 e. The summed E-state index contributed by atoms with van der Waals surface area (Å²) in [5, 5.41) is 5.05. The lowest BCUT2D eigenvalue weighted by atomic mass is 9.89. The van der Waals surface area contributed by atoms with E-state index in [1.54, 1.807) is 6.08 Å². The molecule has 0 N–H and O–H groups in total. The Morgan fingerprint density at radius 1 is 0.659 bits per heavy atom. The number of hydrogen-bond acceptors (Lipinski definition) is 4. The molecule has 0 saturated carbocycles. The van der Waals surface area contributed by atoms with Gasteiger partial charge in [-0.05, 0) is 71.7 Å². The number of anilines is 3. The van der Waals surface area contributed by atoms with Crippen LogP contribution in [-0.4, -0.2) is 4.98 Å². The second-order valence-corrected chi connectivity index (χ2v) is 10.9. The lowest BCUT2D eigenvalue weighted by Gasteiger charge is -2.33. The van der Waals surface area contributed by atoms with Crippen LogP contribution in [0.4, 0.5) is 17.2 Å². The maximum absolute atomic E-state index is 13.7. The van der Waals surface area contributed by atoms with Crippen molar-refractivity contribution in [2.24, 2.45) is 0 Å². The molecule has 0 spiro atoms. The van der Waals surface area contributed by atoms with Crippen LogP contribution in [0.3, 0.4) is 0 Å². The molecule has 41 heavy (non-hydrogen) atoms. The van der Waals surface area contributed by atoms with Crippen LogP contribution in [0.15, 0.2) is 113 Å². The fourth-order valence-electron chi connectivity index (χ4n) is 6.35. The molecule has 194 valence electrons. The molecule has 4 nitrogen and oxygen atoms in total. The Labute approximate surface area is 235 Å². The molecular formula is C37H24N2O2. The topological polar surface area (TPSA) is 50.3 Å². The van der Waals surface area contributed by atoms with E-state index in [-0.39, 0.29) is 16.1 Å². The van der Waals surface area contributed by atoms with Crippen LogP contribution in [0.25, 0.3) is 49.5 Å². The van der Waals surface area contributed by atoms with Crippen molar-refractivity contribution in [1.82, 2.24) is 4.98 Å². The molecule has 2 heterocycles. The summed E-state index contributed by atoms with van der Waals surface area (Å²) in [6.07, 6.45) is 3.69.